The minimum Gasteiger partial charge on any atom is -0.129 e. The van der Waals surface area contributed by atoms with E-state index in [1.165, 1.54) is 16.0 Å². The Bertz CT molecular complexity index is 324. The van der Waals surface area contributed by atoms with Gasteiger partial charge in [-0.2, -0.15) is 0 Å². The van der Waals surface area contributed by atoms with Gasteiger partial charge in [0.25, 0.3) is 0 Å². The van der Waals surface area contributed by atoms with Crippen LogP contribution in [0.5, 0.6) is 0 Å². The van der Waals surface area contributed by atoms with Crippen LogP contribution in [0.15, 0.2) is 47.9 Å². The summed E-state index contributed by atoms with van der Waals surface area (Å²) in [6.45, 7) is 5.84. The Morgan fingerprint density at radius 3 is 2.62 bits per heavy atom. The maximum Gasteiger partial charge on any atom is 0.0147 e. The smallest absolute Gasteiger partial charge is 0.0147 e. The van der Waals surface area contributed by atoms with Gasteiger partial charge in [-0.3, -0.25) is 0 Å². The van der Waals surface area contributed by atoms with Crippen LogP contribution in [0, 0.1) is 0 Å². The molecule has 1 heteroatoms. The van der Waals surface area contributed by atoms with Crippen LogP contribution in [0.4, 0.5) is 0 Å². The number of benzene rings is 1. The molecule has 0 bridgehead atoms. The van der Waals surface area contributed by atoms with Crippen molar-refractivity contribution >= 4 is 17.3 Å². The second-order valence-corrected chi connectivity index (χ2v) is 3.50. The highest BCUT2D eigenvalue weighted by Crippen LogP contribution is 2.26. The fourth-order valence-electron chi connectivity index (χ4n) is 1.27. The molecule has 1 aromatic rings. The van der Waals surface area contributed by atoms with Gasteiger partial charge in [0.15, 0.2) is 0 Å². The van der Waals surface area contributed by atoms with Crippen LogP contribution < -0.4 is 0 Å². The lowest BCUT2D eigenvalue weighted by Gasteiger charge is -2.06. The molecule has 0 N–H and O–H groups in total. The Morgan fingerprint density at radius 1 is 1.38 bits per heavy atom. The third kappa shape index (κ3) is 2.25. The van der Waals surface area contributed by atoms with Crippen LogP contribution in [-0.2, 0) is 0 Å². The van der Waals surface area contributed by atoms with Gasteiger partial charge in [-0.05, 0) is 30.4 Å². The van der Waals surface area contributed by atoms with Crippen LogP contribution in [0.2, 0.25) is 0 Å². The molecule has 1 rings (SSSR count). The highest BCUT2D eigenvalue weighted by molar-refractivity contribution is 7.98. The molecule has 0 aliphatic rings. The first kappa shape index (κ1) is 10.1. The molecule has 13 heavy (non-hydrogen) atoms. The van der Waals surface area contributed by atoms with Crippen LogP contribution in [-0.4, -0.2) is 6.26 Å². The molecule has 0 aliphatic carbocycles. The van der Waals surface area contributed by atoms with Gasteiger partial charge >= 0.3 is 0 Å². The van der Waals surface area contributed by atoms with Gasteiger partial charge in [-0.1, -0.05) is 36.9 Å². The Kier molecular flexibility index (Phi) is 3.84. The third-order valence-electron chi connectivity index (χ3n) is 1.95. The molecule has 0 saturated carbocycles. The largest absolute Gasteiger partial charge is 0.129 e. The van der Waals surface area contributed by atoms with E-state index >= 15 is 0 Å². The van der Waals surface area contributed by atoms with Crippen LogP contribution in [0.25, 0.3) is 5.57 Å². The second kappa shape index (κ2) is 4.93. The molecule has 0 saturated heterocycles. The average Bonchev–Trinajstić information content (AvgIpc) is 2.20. The van der Waals surface area contributed by atoms with Gasteiger partial charge in [0.1, 0.15) is 0 Å². The summed E-state index contributed by atoms with van der Waals surface area (Å²) in [6, 6.07) is 8.38. The maximum atomic E-state index is 3.81. The standard InChI is InChI=1S/C12H14S/c1-4-10(5-2)11-8-6-7-9-12(11)13-3/h4-9H,1H2,2-3H3/b10-5+. The minimum atomic E-state index is 1.20. The second-order valence-electron chi connectivity index (χ2n) is 2.65. The lowest BCUT2D eigenvalue weighted by molar-refractivity contribution is 1.40. The van der Waals surface area contributed by atoms with E-state index in [1.807, 2.05) is 13.0 Å². The molecule has 0 nitrogen and oxygen atoms in total. The average molecular weight is 190 g/mol. The summed E-state index contributed by atoms with van der Waals surface area (Å²) >= 11 is 1.77. The van der Waals surface area contributed by atoms with Crippen molar-refractivity contribution in [1.82, 2.24) is 0 Å². The normalized spacial score (nSPS) is 11.4. The summed E-state index contributed by atoms with van der Waals surface area (Å²) < 4.78 is 0. The molecule has 1 aromatic carbocycles. The lowest BCUT2D eigenvalue weighted by atomic mass is 10.1. The molecule has 0 amide bonds. The molecule has 0 radical (unpaired) electrons. The van der Waals surface area contributed by atoms with Gasteiger partial charge in [0.2, 0.25) is 0 Å². The summed E-state index contributed by atoms with van der Waals surface area (Å²) in [5.74, 6) is 0. The molecule has 0 aromatic heterocycles. The molecule has 0 unspecified atom stereocenters. The molecule has 0 atom stereocenters. The Balaban J connectivity index is 3.19. The fraction of sp³-hybridized carbons (Fsp3) is 0.167. The zero-order valence-corrected chi connectivity index (χ0v) is 8.90. The number of hydrogen-bond donors (Lipinski definition) is 0. The number of hydrogen-bond acceptors (Lipinski definition) is 1. The van der Waals surface area contributed by atoms with Crippen LogP contribution in [0.1, 0.15) is 12.5 Å². The van der Waals surface area contributed by atoms with Crippen molar-refractivity contribution in [3.63, 3.8) is 0 Å². The molecule has 0 fully saturated rings. The van der Waals surface area contributed by atoms with Gasteiger partial charge in [-0.15, -0.1) is 11.8 Å². The first-order chi connectivity index (χ1) is 6.33. The van der Waals surface area contributed by atoms with E-state index < -0.39 is 0 Å². The zero-order valence-electron chi connectivity index (χ0n) is 8.08. The minimum absolute atomic E-state index is 1.20. The lowest BCUT2D eigenvalue weighted by Crippen LogP contribution is -1.83. The predicted octanol–water partition coefficient (Wildman–Crippen LogP) is 4.00. The topological polar surface area (TPSA) is 0 Å². The fourth-order valence-corrected chi connectivity index (χ4v) is 1.89. The van der Waals surface area contributed by atoms with E-state index in [0.717, 1.165) is 0 Å². The maximum absolute atomic E-state index is 3.81. The SMILES string of the molecule is C=C/C(=C\C)c1ccccc1SC. The van der Waals surface area contributed by atoms with Gasteiger partial charge in [-0.25, -0.2) is 0 Å². The van der Waals surface area contributed by atoms with Crippen molar-refractivity contribution in [2.24, 2.45) is 0 Å². The Labute approximate surface area is 84.4 Å². The number of allylic oxidation sites excluding steroid dienone is 3. The predicted molar refractivity (Wildman–Crippen MR) is 62.1 cm³/mol. The van der Waals surface area contributed by atoms with Gasteiger partial charge in [0.05, 0.1) is 0 Å². The summed E-state index contributed by atoms with van der Waals surface area (Å²) in [5, 5.41) is 0. The number of rotatable bonds is 3. The summed E-state index contributed by atoms with van der Waals surface area (Å²) in [6.07, 6.45) is 6.08. The highest BCUT2D eigenvalue weighted by atomic mass is 32.2. The molecular weight excluding hydrogens is 176 g/mol. The Morgan fingerprint density at radius 2 is 2.08 bits per heavy atom. The summed E-state index contributed by atoms with van der Waals surface area (Å²) in [7, 11) is 0. The van der Waals surface area contributed by atoms with Crippen LogP contribution in [0.3, 0.4) is 0 Å². The van der Waals surface area contributed by atoms with Crippen molar-refractivity contribution in [2.75, 3.05) is 6.26 Å². The van der Waals surface area contributed by atoms with Gasteiger partial charge in [0, 0.05) is 4.90 Å². The quantitative estimate of drug-likeness (QED) is 0.513. The monoisotopic (exact) mass is 190 g/mol. The van der Waals surface area contributed by atoms with Gasteiger partial charge < -0.3 is 0 Å². The first-order valence-electron chi connectivity index (χ1n) is 4.25. The molecular formula is C12H14S. The van der Waals surface area contributed by atoms with E-state index in [4.69, 9.17) is 0 Å². The number of thioether (sulfide) groups is 1. The van der Waals surface area contributed by atoms with Crippen molar-refractivity contribution < 1.29 is 0 Å². The van der Waals surface area contributed by atoms with E-state index in [1.54, 1.807) is 11.8 Å². The van der Waals surface area contributed by atoms with E-state index in [9.17, 15) is 0 Å². The van der Waals surface area contributed by atoms with Crippen molar-refractivity contribution in [1.29, 1.82) is 0 Å². The van der Waals surface area contributed by atoms with E-state index in [-0.39, 0.29) is 0 Å². The first-order valence-corrected chi connectivity index (χ1v) is 5.48. The third-order valence-corrected chi connectivity index (χ3v) is 2.74. The van der Waals surface area contributed by atoms with Crippen LogP contribution >= 0.6 is 11.8 Å². The van der Waals surface area contributed by atoms with E-state index in [2.05, 4.69) is 43.2 Å². The van der Waals surface area contributed by atoms with Crippen molar-refractivity contribution in [3.8, 4) is 0 Å². The van der Waals surface area contributed by atoms with Crippen molar-refractivity contribution in [3.05, 3.63) is 48.6 Å². The summed E-state index contributed by atoms with van der Waals surface area (Å²) in [4.78, 5) is 1.30. The zero-order chi connectivity index (χ0) is 9.68. The molecule has 0 aliphatic heterocycles. The van der Waals surface area contributed by atoms with E-state index in [0.29, 0.717) is 0 Å². The molecule has 0 heterocycles. The molecule has 0 spiro atoms. The summed E-state index contributed by atoms with van der Waals surface area (Å²) in [5.41, 5.74) is 2.47. The molecule has 68 valence electrons. The highest BCUT2D eigenvalue weighted by Gasteiger charge is 2.01. The van der Waals surface area contributed by atoms with Crippen molar-refractivity contribution in [2.45, 2.75) is 11.8 Å². The Hall–Kier alpha value is -0.950.